The van der Waals surface area contributed by atoms with Gasteiger partial charge in [0.2, 0.25) is 0 Å². The van der Waals surface area contributed by atoms with Gasteiger partial charge in [-0.25, -0.2) is 0 Å². The minimum atomic E-state index is -1.82. The highest BCUT2D eigenvalue weighted by Gasteiger charge is 2.26. The topological polar surface area (TPSA) is 12.5 Å². The largest absolute Gasteiger partial charge is 0.497 e. The molecule has 1 unspecified atom stereocenters. The summed E-state index contributed by atoms with van der Waals surface area (Å²) in [6, 6.07) is 8.02. The number of hydrogen-bond donors (Lipinski definition) is 1. The molecule has 1 atom stereocenters. The smallest absolute Gasteiger partial charge is 0.118 e. The predicted molar refractivity (Wildman–Crippen MR) is 76.7 cm³/mol. The molecular formula is C11H16NOPS2. The van der Waals surface area contributed by atoms with E-state index < -0.39 is 5.39 Å². The van der Waals surface area contributed by atoms with Gasteiger partial charge in [-0.1, -0.05) is 11.8 Å². The van der Waals surface area contributed by atoms with Gasteiger partial charge in [0.15, 0.2) is 0 Å². The fourth-order valence-corrected chi connectivity index (χ4v) is 5.39. The van der Waals surface area contributed by atoms with Crippen molar-refractivity contribution in [1.29, 1.82) is 0 Å². The molecule has 0 saturated carbocycles. The summed E-state index contributed by atoms with van der Waals surface area (Å²) in [5.74, 6) is 0.869. The van der Waals surface area contributed by atoms with Gasteiger partial charge >= 0.3 is 0 Å². The van der Waals surface area contributed by atoms with Crippen LogP contribution in [0.4, 0.5) is 0 Å². The summed E-state index contributed by atoms with van der Waals surface area (Å²) in [6.45, 7) is 2.18. The summed E-state index contributed by atoms with van der Waals surface area (Å²) in [7, 11) is 1.67. The van der Waals surface area contributed by atoms with Gasteiger partial charge in [-0.3, -0.25) is 4.67 Å². The SMILES string of the molecule is COc1ccc(P(=S)(S)N2CCCC2)cc1. The number of rotatable bonds is 3. The molecule has 16 heavy (non-hydrogen) atoms. The molecule has 2 nitrogen and oxygen atoms in total. The van der Waals surface area contributed by atoms with E-state index in [1.165, 1.54) is 12.8 Å². The average molecular weight is 273 g/mol. The molecule has 1 aliphatic heterocycles. The molecule has 0 spiro atoms. The van der Waals surface area contributed by atoms with Crippen LogP contribution in [0.5, 0.6) is 5.75 Å². The minimum Gasteiger partial charge on any atom is -0.497 e. The van der Waals surface area contributed by atoms with Crippen molar-refractivity contribution in [2.24, 2.45) is 0 Å². The number of ether oxygens (including phenoxy) is 1. The second-order valence-electron chi connectivity index (χ2n) is 3.90. The van der Waals surface area contributed by atoms with E-state index in [1.807, 2.05) is 24.3 Å². The number of hydrogen-bond acceptors (Lipinski definition) is 2. The highest BCUT2D eigenvalue weighted by molar-refractivity contribution is 8.65. The molecule has 1 aromatic rings. The van der Waals surface area contributed by atoms with Gasteiger partial charge < -0.3 is 4.74 Å². The van der Waals surface area contributed by atoms with Gasteiger partial charge in [0.1, 0.15) is 5.75 Å². The van der Waals surface area contributed by atoms with E-state index in [4.69, 9.17) is 28.8 Å². The van der Waals surface area contributed by atoms with Crippen molar-refractivity contribution in [2.75, 3.05) is 20.2 Å². The molecule has 0 radical (unpaired) electrons. The molecule has 0 aliphatic carbocycles. The normalized spacial score (nSPS) is 20.6. The van der Waals surface area contributed by atoms with Crippen molar-refractivity contribution in [2.45, 2.75) is 12.8 Å². The summed E-state index contributed by atoms with van der Waals surface area (Å²) < 4.78 is 7.50. The third-order valence-electron chi connectivity index (χ3n) is 2.87. The Labute approximate surface area is 107 Å². The van der Waals surface area contributed by atoms with E-state index in [0.717, 1.165) is 24.1 Å². The fraction of sp³-hybridized carbons (Fsp3) is 0.455. The van der Waals surface area contributed by atoms with Crippen molar-refractivity contribution in [1.82, 2.24) is 4.67 Å². The van der Waals surface area contributed by atoms with Crippen molar-refractivity contribution in [3.05, 3.63) is 24.3 Å². The Hall–Kier alpha value is -0.0200. The lowest BCUT2D eigenvalue weighted by Gasteiger charge is -2.27. The lowest BCUT2D eigenvalue weighted by atomic mass is 10.3. The standard InChI is InChI=1S/C11H16NOPS2/c1-13-10-4-6-11(7-5-10)14(15,16)12-8-2-3-9-12/h4-7H,2-3,8-9H2,1H3,(H,15,16). The Morgan fingerprint density at radius 1 is 1.25 bits per heavy atom. The first-order chi connectivity index (χ1) is 7.64. The monoisotopic (exact) mass is 273 g/mol. The first-order valence-corrected chi connectivity index (χ1v) is 9.28. The molecule has 1 fully saturated rings. The summed E-state index contributed by atoms with van der Waals surface area (Å²) >= 11 is 10.5. The number of methoxy groups -OCH3 is 1. The van der Waals surface area contributed by atoms with Crippen LogP contribution in [0.15, 0.2) is 24.3 Å². The van der Waals surface area contributed by atoms with Crippen LogP contribution in [0.25, 0.3) is 0 Å². The van der Waals surface area contributed by atoms with Crippen molar-refractivity contribution in [3.63, 3.8) is 0 Å². The third-order valence-corrected chi connectivity index (χ3v) is 7.79. The number of thiol groups is 1. The van der Waals surface area contributed by atoms with Crippen LogP contribution in [0, 0.1) is 0 Å². The van der Waals surface area contributed by atoms with E-state index >= 15 is 0 Å². The Bertz CT molecular complexity index is 401. The summed E-state index contributed by atoms with van der Waals surface area (Å²) in [6.07, 6.45) is 2.49. The van der Waals surface area contributed by atoms with Crippen LogP contribution in [-0.2, 0) is 11.8 Å². The second kappa shape index (κ2) is 5.09. The molecule has 1 aromatic carbocycles. The Balaban J connectivity index is 2.24. The fourth-order valence-electron chi connectivity index (χ4n) is 1.91. The maximum absolute atomic E-state index is 5.71. The summed E-state index contributed by atoms with van der Waals surface area (Å²) in [5.41, 5.74) is 0. The van der Waals surface area contributed by atoms with Crippen LogP contribution in [0.3, 0.4) is 0 Å². The minimum absolute atomic E-state index is 0.869. The molecule has 0 bridgehead atoms. The van der Waals surface area contributed by atoms with Crippen LogP contribution in [0.1, 0.15) is 12.8 Å². The first kappa shape index (κ1) is 12.4. The summed E-state index contributed by atoms with van der Waals surface area (Å²) in [5, 5.41) is -0.657. The van der Waals surface area contributed by atoms with E-state index in [0.29, 0.717) is 0 Å². The Morgan fingerprint density at radius 3 is 2.31 bits per heavy atom. The Morgan fingerprint density at radius 2 is 1.81 bits per heavy atom. The van der Waals surface area contributed by atoms with Gasteiger partial charge in [-0.2, -0.15) is 0 Å². The van der Waals surface area contributed by atoms with Gasteiger partial charge in [-0.15, -0.1) is 12.2 Å². The maximum Gasteiger partial charge on any atom is 0.118 e. The average Bonchev–Trinajstić information content (AvgIpc) is 2.83. The Kier molecular flexibility index (Phi) is 3.96. The molecule has 5 heteroatoms. The van der Waals surface area contributed by atoms with Crippen LogP contribution in [0.2, 0.25) is 0 Å². The molecule has 0 amide bonds. The van der Waals surface area contributed by atoms with Gasteiger partial charge in [0, 0.05) is 18.4 Å². The van der Waals surface area contributed by atoms with Gasteiger partial charge in [0.05, 0.1) is 12.5 Å². The highest BCUT2D eigenvalue weighted by Crippen LogP contribution is 2.54. The van der Waals surface area contributed by atoms with Crippen molar-refractivity contribution in [3.8, 4) is 5.75 Å². The molecule has 88 valence electrons. The molecule has 2 rings (SSSR count). The quantitative estimate of drug-likeness (QED) is 0.672. The van der Waals surface area contributed by atoms with E-state index in [-0.39, 0.29) is 0 Å². The zero-order valence-corrected chi connectivity index (χ0v) is 11.9. The van der Waals surface area contributed by atoms with Crippen LogP contribution >= 0.6 is 17.6 Å². The molecular weight excluding hydrogens is 257 g/mol. The third kappa shape index (κ3) is 2.45. The molecule has 0 aromatic heterocycles. The van der Waals surface area contributed by atoms with E-state index in [1.54, 1.807) is 7.11 Å². The molecule has 1 saturated heterocycles. The summed E-state index contributed by atoms with van der Waals surface area (Å²) in [4.78, 5) is 0. The van der Waals surface area contributed by atoms with Crippen molar-refractivity contribution >= 4 is 34.8 Å². The lowest BCUT2D eigenvalue weighted by Crippen LogP contribution is -2.19. The predicted octanol–water partition coefficient (Wildman–Crippen LogP) is 2.66. The highest BCUT2D eigenvalue weighted by atomic mass is 32.9. The number of benzene rings is 1. The van der Waals surface area contributed by atoms with Gasteiger partial charge in [0.25, 0.3) is 0 Å². The molecule has 1 aliphatic rings. The molecule has 1 heterocycles. The number of nitrogens with zero attached hydrogens (tertiary/aromatic N) is 1. The second-order valence-corrected chi connectivity index (χ2v) is 10.2. The first-order valence-electron chi connectivity index (χ1n) is 5.37. The van der Waals surface area contributed by atoms with E-state index in [2.05, 4.69) is 4.67 Å². The zero-order chi connectivity index (χ0) is 11.6. The van der Waals surface area contributed by atoms with E-state index in [9.17, 15) is 0 Å². The maximum atomic E-state index is 5.71. The zero-order valence-electron chi connectivity index (χ0n) is 9.30. The van der Waals surface area contributed by atoms with Gasteiger partial charge in [-0.05, 0) is 37.1 Å². The van der Waals surface area contributed by atoms with Crippen LogP contribution < -0.4 is 10.0 Å². The van der Waals surface area contributed by atoms with Crippen LogP contribution in [-0.4, -0.2) is 24.9 Å². The lowest BCUT2D eigenvalue weighted by molar-refractivity contribution is 0.415. The van der Waals surface area contributed by atoms with Crippen molar-refractivity contribution < 1.29 is 4.74 Å². The molecule has 0 N–H and O–H groups in total.